The molecule has 1 N–H and O–H groups in total. The van der Waals surface area contributed by atoms with Crippen LogP contribution in [0.4, 0.5) is 4.79 Å². The van der Waals surface area contributed by atoms with Crippen molar-refractivity contribution in [3.63, 3.8) is 0 Å². The van der Waals surface area contributed by atoms with Gasteiger partial charge in [-0.15, -0.1) is 0 Å². The molecule has 2 aliphatic heterocycles. The average Bonchev–Trinajstić information content (AvgIpc) is 3.01. The Morgan fingerprint density at radius 3 is 2.79 bits per heavy atom. The fourth-order valence-electron chi connectivity index (χ4n) is 2.70. The molecule has 0 spiro atoms. The molecule has 0 bridgehead atoms. The highest BCUT2D eigenvalue weighted by molar-refractivity contribution is 7.85. The van der Waals surface area contributed by atoms with Gasteiger partial charge in [0.25, 0.3) is 0 Å². The number of hydrogen-bond donors (Lipinski definition) is 1. The van der Waals surface area contributed by atoms with Gasteiger partial charge in [-0.05, 0) is 45.3 Å². The van der Waals surface area contributed by atoms with E-state index in [1.54, 1.807) is 4.90 Å². The number of carbonyl (C=O) groups is 1. The number of rotatable bonds is 5. The summed E-state index contributed by atoms with van der Waals surface area (Å²) in [6.07, 6.45) is 4.50. The third-order valence-corrected chi connectivity index (χ3v) is 5.39. The van der Waals surface area contributed by atoms with Gasteiger partial charge in [0.05, 0.1) is 0 Å². The summed E-state index contributed by atoms with van der Waals surface area (Å²) in [4.78, 5) is 16.1. The lowest BCUT2D eigenvalue weighted by Gasteiger charge is -2.22. The van der Waals surface area contributed by atoms with Gasteiger partial charge < -0.3 is 15.1 Å². The van der Waals surface area contributed by atoms with Crippen molar-refractivity contribution in [2.45, 2.75) is 31.7 Å². The maximum absolute atomic E-state index is 11.9. The van der Waals surface area contributed by atoms with Gasteiger partial charge >= 0.3 is 6.03 Å². The summed E-state index contributed by atoms with van der Waals surface area (Å²) in [6, 6.07) is 0.0830. The molecular formula is C13H25N3O2S. The topological polar surface area (TPSA) is 52.6 Å². The molecule has 0 aromatic carbocycles. The Morgan fingerprint density at radius 1 is 1.42 bits per heavy atom. The number of nitrogens with one attached hydrogen (secondary N) is 1. The molecular weight excluding hydrogens is 262 g/mol. The molecule has 2 rings (SSSR count). The summed E-state index contributed by atoms with van der Waals surface area (Å²) in [5.74, 6) is 1.34. The minimum absolute atomic E-state index is 0.0229. The van der Waals surface area contributed by atoms with Gasteiger partial charge in [-0.1, -0.05) is 0 Å². The van der Waals surface area contributed by atoms with Gasteiger partial charge in [-0.3, -0.25) is 4.21 Å². The molecule has 5 nitrogen and oxygen atoms in total. The first kappa shape index (κ1) is 14.8. The number of carbonyl (C=O) groups excluding carboxylic acids is 1. The molecule has 2 aliphatic rings. The lowest BCUT2D eigenvalue weighted by atomic mass is 10.3. The van der Waals surface area contributed by atoms with Crippen LogP contribution in [0.2, 0.25) is 0 Å². The minimum atomic E-state index is -0.730. The third-order valence-electron chi connectivity index (χ3n) is 3.92. The second kappa shape index (κ2) is 7.24. The molecule has 19 heavy (non-hydrogen) atoms. The number of urea groups is 1. The van der Waals surface area contributed by atoms with E-state index in [-0.39, 0.29) is 12.1 Å². The second-order valence-corrected chi connectivity index (χ2v) is 7.19. The van der Waals surface area contributed by atoms with Crippen LogP contribution in [-0.2, 0) is 10.8 Å². The first-order chi connectivity index (χ1) is 9.15. The summed E-state index contributed by atoms with van der Waals surface area (Å²) < 4.78 is 11.3. The van der Waals surface area contributed by atoms with Crippen molar-refractivity contribution >= 4 is 16.8 Å². The number of likely N-dealkylation sites (tertiary alicyclic amines) is 1. The highest BCUT2D eigenvalue weighted by atomic mass is 32.2. The van der Waals surface area contributed by atoms with E-state index in [0.29, 0.717) is 5.75 Å². The van der Waals surface area contributed by atoms with Crippen LogP contribution in [0, 0.1) is 0 Å². The molecule has 110 valence electrons. The Labute approximate surface area is 118 Å². The predicted molar refractivity (Wildman–Crippen MR) is 77.7 cm³/mol. The average molecular weight is 287 g/mol. The smallest absolute Gasteiger partial charge is 0.317 e. The Kier molecular flexibility index (Phi) is 5.63. The molecule has 2 fully saturated rings. The van der Waals surface area contributed by atoms with E-state index >= 15 is 0 Å². The van der Waals surface area contributed by atoms with Crippen molar-refractivity contribution in [1.29, 1.82) is 0 Å². The minimum Gasteiger partial charge on any atom is -0.334 e. The number of amides is 2. The van der Waals surface area contributed by atoms with Gasteiger partial charge in [0, 0.05) is 41.9 Å². The SMILES string of the molecule is CN(CCCN1CCCC1)C(=O)N[C@H]1CC[S@@](=O)C1. The zero-order valence-electron chi connectivity index (χ0n) is 11.8. The van der Waals surface area contributed by atoms with Crippen LogP contribution in [0.5, 0.6) is 0 Å². The molecule has 2 amide bonds. The standard InChI is InChI=1S/C13H25N3O2S/c1-15(6-4-9-16-7-2-3-8-16)13(17)14-12-5-10-19(18)11-12/h12H,2-11H2,1H3,(H,14,17)/t12-,19+/m0/s1. The van der Waals surface area contributed by atoms with Crippen LogP contribution in [-0.4, -0.2) is 70.8 Å². The zero-order valence-corrected chi connectivity index (χ0v) is 12.6. The zero-order chi connectivity index (χ0) is 13.7. The van der Waals surface area contributed by atoms with Crippen molar-refractivity contribution < 1.29 is 9.00 Å². The summed E-state index contributed by atoms with van der Waals surface area (Å²) in [7, 11) is 1.11. The van der Waals surface area contributed by atoms with E-state index in [1.807, 2.05) is 7.05 Å². The van der Waals surface area contributed by atoms with Crippen molar-refractivity contribution in [3.05, 3.63) is 0 Å². The van der Waals surface area contributed by atoms with E-state index < -0.39 is 10.8 Å². The van der Waals surface area contributed by atoms with E-state index in [0.717, 1.165) is 31.7 Å². The van der Waals surface area contributed by atoms with Crippen LogP contribution in [0.15, 0.2) is 0 Å². The van der Waals surface area contributed by atoms with E-state index in [9.17, 15) is 9.00 Å². The van der Waals surface area contributed by atoms with E-state index in [4.69, 9.17) is 0 Å². The van der Waals surface area contributed by atoms with E-state index in [2.05, 4.69) is 10.2 Å². The summed E-state index contributed by atoms with van der Waals surface area (Å²) in [5.41, 5.74) is 0. The molecule has 2 saturated heterocycles. The number of nitrogens with zero attached hydrogens (tertiary/aromatic N) is 2. The van der Waals surface area contributed by atoms with Crippen molar-refractivity contribution in [2.75, 3.05) is 44.7 Å². The van der Waals surface area contributed by atoms with Crippen LogP contribution >= 0.6 is 0 Å². The molecule has 0 saturated carbocycles. The highest BCUT2D eigenvalue weighted by Gasteiger charge is 2.23. The molecule has 2 heterocycles. The molecule has 0 aromatic heterocycles. The van der Waals surface area contributed by atoms with E-state index in [1.165, 1.54) is 25.9 Å². The largest absolute Gasteiger partial charge is 0.334 e. The Hall–Kier alpha value is -0.620. The fourth-order valence-corrected chi connectivity index (χ4v) is 4.12. The van der Waals surface area contributed by atoms with Crippen molar-refractivity contribution in [1.82, 2.24) is 15.1 Å². The summed E-state index contributed by atoms with van der Waals surface area (Å²) in [6.45, 7) is 4.30. The highest BCUT2D eigenvalue weighted by Crippen LogP contribution is 2.09. The lowest BCUT2D eigenvalue weighted by Crippen LogP contribution is -2.44. The fraction of sp³-hybridized carbons (Fsp3) is 0.923. The maximum Gasteiger partial charge on any atom is 0.317 e. The van der Waals surface area contributed by atoms with Crippen molar-refractivity contribution in [2.24, 2.45) is 0 Å². The Balaban J connectivity index is 1.60. The monoisotopic (exact) mass is 287 g/mol. The summed E-state index contributed by atoms with van der Waals surface area (Å²) in [5, 5.41) is 2.97. The Morgan fingerprint density at radius 2 is 2.16 bits per heavy atom. The van der Waals surface area contributed by atoms with Crippen LogP contribution < -0.4 is 5.32 Å². The Bertz CT molecular complexity index is 332. The third kappa shape index (κ3) is 4.76. The molecule has 6 heteroatoms. The van der Waals surface area contributed by atoms with Crippen molar-refractivity contribution in [3.8, 4) is 0 Å². The molecule has 0 unspecified atom stereocenters. The van der Waals surface area contributed by atoms with Crippen LogP contribution in [0.25, 0.3) is 0 Å². The van der Waals surface area contributed by atoms with Gasteiger partial charge in [-0.2, -0.15) is 0 Å². The van der Waals surface area contributed by atoms with Crippen LogP contribution in [0.1, 0.15) is 25.7 Å². The first-order valence-corrected chi connectivity index (χ1v) is 8.73. The van der Waals surface area contributed by atoms with Gasteiger partial charge in [0.2, 0.25) is 0 Å². The van der Waals surface area contributed by atoms with Crippen LogP contribution in [0.3, 0.4) is 0 Å². The molecule has 0 aliphatic carbocycles. The lowest BCUT2D eigenvalue weighted by molar-refractivity contribution is 0.202. The number of hydrogen-bond acceptors (Lipinski definition) is 3. The first-order valence-electron chi connectivity index (χ1n) is 7.24. The normalized spacial score (nSPS) is 27.6. The van der Waals surface area contributed by atoms with Gasteiger partial charge in [-0.25, -0.2) is 4.79 Å². The summed E-state index contributed by atoms with van der Waals surface area (Å²) >= 11 is 0. The molecule has 2 atom stereocenters. The molecule has 0 aromatic rings. The van der Waals surface area contributed by atoms with Gasteiger partial charge in [0.1, 0.15) is 0 Å². The van der Waals surface area contributed by atoms with Gasteiger partial charge in [0.15, 0.2) is 0 Å². The second-order valence-electron chi connectivity index (χ2n) is 5.57. The predicted octanol–water partition coefficient (Wildman–Crippen LogP) is 0.635. The molecule has 0 radical (unpaired) electrons. The quantitative estimate of drug-likeness (QED) is 0.807. The maximum atomic E-state index is 11.9.